The van der Waals surface area contributed by atoms with E-state index in [1.165, 1.54) is 11.4 Å². The number of piperazine rings is 2. The Morgan fingerprint density at radius 1 is 0.690 bits per heavy atom. The maximum Gasteiger partial charge on any atom is 1.00 e. The van der Waals surface area contributed by atoms with Crippen LogP contribution in [0.4, 0.5) is 11.4 Å². The first-order valence-corrected chi connectivity index (χ1v) is 13.7. The Labute approximate surface area is 271 Å². The monoisotopic (exact) mass is 596 g/mol. The summed E-state index contributed by atoms with van der Waals surface area (Å²) < 4.78 is 11.7. The molecule has 0 aromatic heterocycles. The zero-order valence-electron chi connectivity index (χ0n) is 25.5. The fraction of sp³-hybridized carbons (Fsp3) is 0.467. The van der Waals surface area contributed by atoms with Gasteiger partial charge in [0.15, 0.2) is 0 Å². The summed E-state index contributed by atoms with van der Waals surface area (Å²) in [6.07, 6.45) is 1.57. The zero-order chi connectivity index (χ0) is 29.3. The van der Waals surface area contributed by atoms with Gasteiger partial charge in [0.1, 0.15) is 11.5 Å². The standard InChI is InChI=1S/2C13H20N2O.C4H4O4.Na.H2O/c2*1-11(2)16-13-6-4-3-5-12(13)15-9-7-14-8-10-15;5-3(6)1-2-4(7)8;;/h2*3-6,11,14H,7-10H2,1-2H3;1-2H,(H,5,6)(H,7,8);;1H2/q;;;+1;/p-1/b;;2-1+;;. The van der Waals surface area contributed by atoms with Crippen LogP contribution < -0.4 is 59.5 Å². The Morgan fingerprint density at radius 2 is 1.00 bits per heavy atom. The van der Waals surface area contributed by atoms with Crippen molar-refractivity contribution in [1.29, 1.82) is 0 Å². The van der Waals surface area contributed by atoms with Crippen molar-refractivity contribution < 1.29 is 64.3 Å². The summed E-state index contributed by atoms with van der Waals surface area (Å²) in [5.74, 6) is -0.515. The Kier molecular flexibility index (Phi) is 20.4. The van der Waals surface area contributed by atoms with Crippen molar-refractivity contribution in [2.45, 2.75) is 39.9 Å². The SMILES string of the molecule is CC(C)Oc1ccccc1N1CCNCC1.CC(C)Oc1ccccc1N1CCNCC1.O=C(O)/C=C/C(=O)O.[Na+].[OH-]. The fourth-order valence-electron chi connectivity index (χ4n) is 4.10. The largest absolute Gasteiger partial charge is 1.00 e. The number of carbonyl (C=O) groups is 2. The predicted molar refractivity (Wildman–Crippen MR) is 161 cm³/mol. The fourth-order valence-corrected chi connectivity index (χ4v) is 4.10. The van der Waals surface area contributed by atoms with Gasteiger partial charge in [-0.2, -0.15) is 0 Å². The van der Waals surface area contributed by atoms with Crippen molar-refractivity contribution in [3.63, 3.8) is 0 Å². The molecule has 2 aromatic rings. The molecular weight excluding hydrogens is 551 g/mol. The van der Waals surface area contributed by atoms with E-state index < -0.39 is 11.9 Å². The number of anilines is 2. The first kappa shape index (κ1) is 39.2. The molecule has 0 aliphatic carbocycles. The van der Waals surface area contributed by atoms with E-state index in [0.29, 0.717) is 12.2 Å². The third-order valence-electron chi connectivity index (χ3n) is 5.74. The van der Waals surface area contributed by atoms with Gasteiger partial charge in [-0.05, 0) is 52.0 Å². The van der Waals surface area contributed by atoms with Crippen LogP contribution in [-0.4, -0.2) is 92.2 Å². The minimum absolute atomic E-state index is 0. The second-order valence-corrected chi connectivity index (χ2v) is 9.75. The Bertz CT molecular complexity index is 990. The number of ether oxygens (including phenoxy) is 2. The molecule has 228 valence electrons. The molecule has 2 aliphatic heterocycles. The molecule has 5 N–H and O–H groups in total. The van der Waals surface area contributed by atoms with Gasteiger partial charge in [-0.15, -0.1) is 0 Å². The van der Waals surface area contributed by atoms with Crippen molar-refractivity contribution in [3.05, 3.63) is 60.7 Å². The predicted octanol–water partition coefficient (Wildman–Crippen LogP) is 0.306. The van der Waals surface area contributed by atoms with Gasteiger partial charge in [-0.25, -0.2) is 9.59 Å². The third kappa shape index (κ3) is 15.4. The number of nitrogens with one attached hydrogen (secondary N) is 2. The number of aliphatic carboxylic acids is 2. The molecule has 2 aromatic carbocycles. The van der Waals surface area contributed by atoms with E-state index >= 15 is 0 Å². The van der Waals surface area contributed by atoms with Crippen molar-refractivity contribution in [2.75, 3.05) is 62.2 Å². The van der Waals surface area contributed by atoms with Crippen molar-refractivity contribution in [2.24, 2.45) is 0 Å². The van der Waals surface area contributed by atoms with Gasteiger partial charge in [0.05, 0.1) is 23.6 Å². The van der Waals surface area contributed by atoms with Gasteiger partial charge in [0.2, 0.25) is 0 Å². The van der Waals surface area contributed by atoms with Crippen LogP contribution in [0, 0.1) is 0 Å². The normalized spacial score (nSPS) is 14.4. The molecular formula is C30H45N4NaO7. The van der Waals surface area contributed by atoms with E-state index in [-0.39, 0.29) is 47.2 Å². The summed E-state index contributed by atoms with van der Waals surface area (Å²) in [5, 5.41) is 22.3. The zero-order valence-corrected chi connectivity index (χ0v) is 27.5. The minimum Gasteiger partial charge on any atom is -0.870 e. The van der Waals surface area contributed by atoms with Gasteiger partial charge < -0.3 is 45.6 Å². The van der Waals surface area contributed by atoms with Crippen LogP contribution in [0.15, 0.2) is 60.7 Å². The molecule has 0 radical (unpaired) electrons. The summed E-state index contributed by atoms with van der Waals surface area (Å²) in [5.41, 5.74) is 2.44. The summed E-state index contributed by atoms with van der Waals surface area (Å²) in [6, 6.07) is 16.6. The number of carboxylic acid groups (broad SMARTS) is 2. The number of hydrogen-bond acceptors (Lipinski definition) is 9. The molecule has 0 spiro atoms. The van der Waals surface area contributed by atoms with Crippen LogP contribution in [0.5, 0.6) is 11.5 Å². The first-order chi connectivity index (χ1) is 19.2. The molecule has 42 heavy (non-hydrogen) atoms. The minimum atomic E-state index is -1.26. The van der Waals surface area contributed by atoms with E-state index in [1.54, 1.807) is 0 Å². The van der Waals surface area contributed by atoms with Crippen molar-refractivity contribution in [3.8, 4) is 11.5 Å². The molecule has 0 saturated carbocycles. The number of carboxylic acids is 2. The molecule has 0 atom stereocenters. The Hall–Kier alpha value is -2.80. The van der Waals surface area contributed by atoms with Crippen LogP contribution in [0.2, 0.25) is 0 Å². The van der Waals surface area contributed by atoms with Gasteiger partial charge in [0.25, 0.3) is 0 Å². The van der Waals surface area contributed by atoms with Crippen LogP contribution >= 0.6 is 0 Å². The van der Waals surface area contributed by atoms with Gasteiger partial charge in [-0.3, -0.25) is 0 Å². The summed E-state index contributed by atoms with van der Waals surface area (Å²) in [4.78, 5) is 23.9. The molecule has 12 heteroatoms. The molecule has 0 unspecified atom stereocenters. The van der Waals surface area contributed by atoms with Crippen LogP contribution in [0.1, 0.15) is 27.7 Å². The summed E-state index contributed by atoms with van der Waals surface area (Å²) in [7, 11) is 0. The van der Waals surface area contributed by atoms with Crippen LogP contribution in [0.25, 0.3) is 0 Å². The van der Waals surface area contributed by atoms with E-state index in [1.807, 2.05) is 12.1 Å². The van der Waals surface area contributed by atoms with Gasteiger partial charge >= 0.3 is 41.5 Å². The van der Waals surface area contributed by atoms with Crippen LogP contribution in [0.3, 0.4) is 0 Å². The second-order valence-electron chi connectivity index (χ2n) is 9.75. The maximum absolute atomic E-state index is 9.55. The Balaban J connectivity index is 0.000000621. The first-order valence-electron chi connectivity index (χ1n) is 13.7. The van der Waals surface area contributed by atoms with Crippen molar-refractivity contribution >= 4 is 23.3 Å². The number of hydrogen-bond donors (Lipinski definition) is 4. The summed E-state index contributed by atoms with van der Waals surface area (Å²) in [6.45, 7) is 16.7. The molecule has 11 nitrogen and oxygen atoms in total. The average molecular weight is 597 g/mol. The van der Waals surface area contributed by atoms with Gasteiger partial charge in [-0.1, -0.05) is 24.3 Å². The molecule has 4 rings (SSSR count). The number of nitrogens with zero attached hydrogens (tertiary/aromatic N) is 2. The molecule has 2 heterocycles. The summed E-state index contributed by atoms with van der Waals surface area (Å²) >= 11 is 0. The maximum atomic E-state index is 9.55. The molecule has 2 aliphatic rings. The van der Waals surface area contributed by atoms with E-state index in [4.69, 9.17) is 19.7 Å². The number of rotatable bonds is 8. The smallest absolute Gasteiger partial charge is 0.870 e. The Morgan fingerprint density at radius 3 is 1.29 bits per heavy atom. The molecule has 0 amide bonds. The van der Waals surface area contributed by atoms with Crippen LogP contribution in [-0.2, 0) is 9.59 Å². The quantitative estimate of drug-likeness (QED) is 0.246. The average Bonchev–Trinajstić information content (AvgIpc) is 2.94. The second kappa shape index (κ2) is 21.8. The molecule has 2 saturated heterocycles. The van der Waals surface area contributed by atoms with Crippen molar-refractivity contribution in [1.82, 2.24) is 10.6 Å². The topological polar surface area (TPSA) is 154 Å². The third-order valence-corrected chi connectivity index (χ3v) is 5.74. The van der Waals surface area contributed by atoms with E-state index in [2.05, 4.69) is 84.5 Å². The number of para-hydroxylation sites is 4. The van der Waals surface area contributed by atoms with E-state index in [0.717, 1.165) is 63.9 Å². The van der Waals surface area contributed by atoms with E-state index in [9.17, 15) is 9.59 Å². The van der Waals surface area contributed by atoms with Gasteiger partial charge in [0, 0.05) is 64.5 Å². The number of benzene rings is 2. The molecule has 2 fully saturated rings. The molecule has 0 bridgehead atoms.